The Bertz CT molecular complexity index is 870. The molecule has 0 atom stereocenters. The predicted molar refractivity (Wildman–Crippen MR) is 118 cm³/mol. The van der Waals surface area contributed by atoms with Gasteiger partial charge in [0, 0.05) is 44.1 Å². The average molecular weight is 415 g/mol. The number of fused-ring (bicyclic) bond motifs is 1. The van der Waals surface area contributed by atoms with Crippen molar-refractivity contribution in [1.82, 2.24) is 15.3 Å². The Hall–Kier alpha value is -2.81. The van der Waals surface area contributed by atoms with E-state index < -0.39 is 0 Å². The molecular weight excluding hydrogens is 388 g/mol. The molecule has 0 spiro atoms. The summed E-state index contributed by atoms with van der Waals surface area (Å²) in [5, 5.41) is 10.7. The molecule has 0 amide bonds. The van der Waals surface area contributed by atoms with Crippen LogP contribution in [0.4, 0.5) is 17.5 Å². The van der Waals surface area contributed by atoms with Crippen molar-refractivity contribution < 1.29 is 9.47 Å². The molecule has 2 aliphatic rings. The van der Waals surface area contributed by atoms with Gasteiger partial charge in [-0.3, -0.25) is 0 Å². The third-order valence-corrected chi connectivity index (χ3v) is 5.35. The SMILES string of the molecule is CN(C)c1ccnc(N[C@H]2CC[C@@H](NC(=S)Nc3ccc4c(c3)OCO4)CC2)n1. The standard InChI is InChI=1S/C20H26N6O2S/c1-26(2)18-9-10-21-19(25-18)22-13-3-5-14(6-4-13)23-20(29)24-15-7-8-16-17(11-15)28-12-27-16/h7-11,13-14H,3-6,12H2,1-2H3,(H,21,22,25)(H2,23,24,29)/t13-,14+. The number of aromatic nitrogens is 2. The molecule has 0 saturated heterocycles. The Morgan fingerprint density at radius 3 is 2.62 bits per heavy atom. The number of thiocarbonyl (C=S) groups is 1. The maximum atomic E-state index is 5.48. The first kappa shape index (κ1) is 19.5. The van der Waals surface area contributed by atoms with E-state index in [2.05, 4.69) is 25.9 Å². The van der Waals surface area contributed by atoms with Gasteiger partial charge < -0.3 is 30.3 Å². The summed E-state index contributed by atoms with van der Waals surface area (Å²) in [7, 11) is 3.95. The van der Waals surface area contributed by atoms with Crippen LogP contribution in [0.1, 0.15) is 25.7 Å². The topological polar surface area (TPSA) is 83.6 Å². The van der Waals surface area contributed by atoms with Gasteiger partial charge in [-0.1, -0.05) is 0 Å². The average Bonchev–Trinajstić information content (AvgIpc) is 3.17. The van der Waals surface area contributed by atoms with E-state index in [4.69, 9.17) is 21.7 Å². The molecule has 0 radical (unpaired) electrons. The number of hydrogen-bond donors (Lipinski definition) is 3. The first-order valence-electron chi connectivity index (χ1n) is 9.81. The minimum atomic E-state index is 0.267. The smallest absolute Gasteiger partial charge is 0.231 e. The van der Waals surface area contributed by atoms with Crippen LogP contribution in [0.3, 0.4) is 0 Å². The summed E-state index contributed by atoms with van der Waals surface area (Å²) in [4.78, 5) is 10.9. The second kappa shape index (κ2) is 8.69. The van der Waals surface area contributed by atoms with Gasteiger partial charge in [0.15, 0.2) is 16.6 Å². The minimum absolute atomic E-state index is 0.267. The predicted octanol–water partition coefficient (Wildman–Crippen LogP) is 2.98. The van der Waals surface area contributed by atoms with Gasteiger partial charge >= 0.3 is 0 Å². The highest BCUT2D eigenvalue weighted by Gasteiger charge is 2.22. The molecule has 3 N–H and O–H groups in total. The molecule has 2 aromatic rings. The molecule has 1 saturated carbocycles. The lowest BCUT2D eigenvalue weighted by molar-refractivity contribution is 0.174. The summed E-state index contributed by atoms with van der Waals surface area (Å²) in [6.07, 6.45) is 5.94. The van der Waals surface area contributed by atoms with E-state index in [0.717, 1.165) is 48.7 Å². The van der Waals surface area contributed by atoms with Crippen molar-refractivity contribution >= 4 is 34.8 Å². The van der Waals surface area contributed by atoms with E-state index in [1.807, 2.05) is 43.3 Å². The zero-order chi connectivity index (χ0) is 20.2. The Morgan fingerprint density at radius 1 is 1.07 bits per heavy atom. The highest BCUT2D eigenvalue weighted by atomic mass is 32.1. The zero-order valence-electron chi connectivity index (χ0n) is 16.6. The zero-order valence-corrected chi connectivity index (χ0v) is 17.5. The summed E-state index contributed by atoms with van der Waals surface area (Å²) in [6.45, 7) is 0.267. The molecule has 9 heteroatoms. The number of ether oxygens (including phenoxy) is 2. The Labute approximate surface area is 176 Å². The maximum Gasteiger partial charge on any atom is 0.231 e. The van der Waals surface area contributed by atoms with Gasteiger partial charge in [-0.2, -0.15) is 4.98 Å². The van der Waals surface area contributed by atoms with Crippen LogP contribution in [0.15, 0.2) is 30.5 Å². The highest BCUT2D eigenvalue weighted by molar-refractivity contribution is 7.80. The molecule has 1 aromatic heterocycles. The van der Waals surface area contributed by atoms with Crippen LogP contribution in [-0.2, 0) is 0 Å². The molecule has 29 heavy (non-hydrogen) atoms. The Balaban J connectivity index is 1.23. The molecule has 0 unspecified atom stereocenters. The Morgan fingerprint density at radius 2 is 1.83 bits per heavy atom. The van der Waals surface area contributed by atoms with Crippen molar-refractivity contribution in [2.45, 2.75) is 37.8 Å². The van der Waals surface area contributed by atoms with Gasteiger partial charge in [-0.05, 0) is 56.1 Å². The molecule has 8 nitrogen and oxygen atoms in total. The lowest BCUT2D eigenvalue weighted by atomic mass is 9.91. The van der Waals surface area contributed by atoms with E-state index in [-0.39, 0.29) is 6.79 Å². The highest BCUT2D eigenvalue weighted by Crippen LogP contribution is 2.34. The van der Waals surface area contributed by atoms with Crippen molar-refractivity contribution in [3.8, 4) is 11.5 Å². The second-order valence-corrected chi connectivity index (χ2v) is 7.90. The van der Waals surface area contributed by atoms with Crippen molar-refractivity contribution in [2.75, 3.05) is 36.4 Å². The second-order valence-electron chi connectivity index (χ2n) is 7.49. The number of benzene rings is 1. The van der Waals surface area contributed by atoms with Gasteiger partial charge in [-0.15, -0.1) is 0 Å². The van der Waals surface area contributed by atoms with Crippen molar-refractivity contribution in [1.29, 1.82) is 0 Å². The molecule has 1 aliphatic carbocycles. The summed E-state index contributed by atoms with van der Waals surface area (Å²) in [5.74, 6) is 3.09. The molecule has 2 heterocycles. The van der Waals surface area contributed by atoms with E-state index in [0.29, 0.717) is 23.1 Å². The van der Waals surface area contributed by atoms with Gasteiger partial charge in [0.2, 0.25) is 12.7 Å². The third-order valence-electron chi connectivity index (χ3n) is 5.13. The fourth-order valence-electron chi connectivity index (χ4n) is 3.56. The quantitative estimate of drug-likeness (QED) is 0.640. The molecule has 1 aliphatic heterocycles. The minimum Gasteiger partial charge on any atom is -0.454 e. The van der Waals surface area contributed by atoms with Gasteiger partial charge in [0.25, 0.3) is 0 Å². The summed E-state index contributed by atoms with van der Waals surface area (Å²) >= 11 is 5.48. The molecule has 1 fully saturated rings. The lowest BCUT2D eigenvalue weighted by Crippen LogP contribution is -2.42. The fraction of sp³-hybridized carbons (Fsp3) is 0.450. The molecule has 154 valence electrons. The van der Waals surface area contributed by atoms with Crippen molar-refractivity contribution in [2.24, 2.45) is 0 Å². The maximum absolute atomic E-state index is 5.48. The first-order valence-corrected chi connectivity index (χ1v) is 10.2. The van der Waals surface area contributed by atoms with Gasteiger partial charge in [0.1, 0.15) is 5.82 Å². The first-order chi connectivity index (χ1) is 14.1. The molecule has 4 rings (SSSR count). The van der Waals surface area contributed by atoms with Crippen LogP contribution in [0.2, 0.25) is 0 Å². The van der Waals surface area contributed by atoms with Crippen LogP contribution < -0.4 is 30.3 Å². The van der Waals surface area contributed by atoms with E-state index >= 15 is 0 Å². The fourth-order valence-corrected chi connectivity index (χ4v) is 3.84. The monoisotopic (exact) mass is 414 g/mol. The van der Waals surface area contributed by atoms with Crippen molar-refractivity contribution in [3.05, 3.63) is 30.5 Å². The van der Waals surface area contributed by atoms with Gasteiger partial charge in [0.05, 0.1) is 0 Å². The van der Waals surface area contributed by atoms with E-state index in [1.54, 1.807) is 6.20 Å². The van der Waals surface area contributed by atoms with Crippen LogP contribution in [0.25, 0.3) is 0 Å². The van der Waals surface area contributed by atoms with Crippen LogP contribution in [0, 0.1) is 0 Å². The number of anilines is 3. The number of nitrogens with one attached hydrogen (secondary N) is 3. The van der Waals surface area contributed by atoms with Crippen LogP contribution in [0.5, 0.6) is 11.5 Å². The molecular formula is C20H26N6O2S. The largest absolute Gasteiger partial charge is 0.454 e. The number of hydrogen-bond acceptors (Lipinski definition) is 7. The van der Waals surface area contributed by atoms with Crippen molar-refractivity contribution in [3.63, 3.8) is 0 Å². The molecule has 0 bridgehead atoms. The van der Waals surface area contributed by atoms with E-state index in [9.17, 15) is 0 Å². The summed E-state index contributed by atoms with van der Waals surface area (Å²) in [5.41, 5.74) is 0.889. The van der Waals surface area contributed by atoms with Gasteiger partial charge in [-0.25, -0.2) is 4.98 Å². The number of rotatable bonds is 5. The number of nitrogens with zero attached hydrogens (tertiary/aromatic N) is 3. The summed E-state index contributed by atoms with van der Waals surface area (Å²) in [6, 6.07) is 8.36. The van der Waals surface area contributed by atoms with Crippen LogP contribution >= 0.6 is 12.2 Å². The summed E-state index contributed by atoms with van der Waals surface area (Å²) < 4.78 is 10.7. The van der Waals surface area contributed by atoms with Crippen LogP contribution in [-0.4, -0.2) is 48.1 Å². The third kappa shape index (κ3) is 4.97. The normalized spacial score (nSPS) is 20.1. The Kier molecular flexibility index (Phi) is 5.84. The lowest BCUT2D eigenvalue weighted by Gasteiger charge is -2.30. The van der Waals surface area contributed by atoms with E-state index in [1.165, 1.54) is 0 Å². The molecule has 1 aromatic carbocycles.